The average molecular weight is 402 g/mol. The lowest BCUT2D eigenvalue weighted by Crippen LogP contribution is -2.49. The van der Waals surface area contributed by atoms with E-state index < -0.39 is 21.0 Å². The van der Waals surface area contributed by atoms with Crippen molar-refractivity contribution in [1.29, 1.82) is 0 Å². The molecule has 1 atom stereocenters. The average Bonchev–Trinajstić information content (AvgIpc) is 3.00. The van der Waals surface area contributed by atoms with Gasteiger partial charge < -0.3 is 9.88 Å². The number of piperazine rings is 1. The lowest BCUT2D eigenvalue weighted by molar-refractivity contribution is -0.385. The van der Waals surface area contributed by atoms with Crippen molar-refractivity contribution in [3.63, 3.8) is 0 Å². The van der Waals surface area contributed by atoms with Gasteiger partial charge in [-0.2, -0.15) is 4.31 Å². The summed E-state index contributed by atoms with van der Waals surface area (Å²) in [5.41, 5.74) is 0.226. The van der Waals surface area contributed by atoms with Crippen LogP contribution in [0.2, 0.25) is 0 Å². The van der Waals surface area contributed by atoms with Crippen LogP contribution in [0.3, 0.4) is 0 Å². The summed E-state index contributed by atoms with van der Waals surface area (Å²) in [5, 5.41) is 14.1. The molecule has 1 unspecified atom stereocenters. The van der Waals surface area contributed by atoms with Gasteiger partial charge in [-0.3, -0.25) is 10.1 Å². The molecule has 0 amide bonds. The third kappa shape index (κ3) is 3.58. The Morgan fingerprint density at radius 3 is 2.69 bits per heavy atom. The van der Waals surface area contributed by atoms with E-state index in [9.17, 15) is 18.5 Å². The molecule has 1 N–H and O–H groups in total. The molecular formula is C15H20ClN5O4S. The van der Waals surface area contributed by atoms with Gasteiger partial charge >= 0.3 is 0 Å². The summed E-state index contributed by atoms with van der Waals surface area (Å²) in [6.07, 6.45) is 3.40. The zero-order valence-electron chi connectivity index (χ0n) is 14.3. The molecule has 9 nitrogen and oxygen atoms in total. The number of nitrogens with zero attached hydrogens (tertiary/aromatic N) is 4. The molecule has 1 fully saturated rings. The number of aryl methyl sites for hydroxylation is 2. The molecule has 11 heteroatoms. The highest BCUT2D eigenvalue weighted by molar-refractivity contribution is 7.89. The smallest absolute Gasteiger partial charge is 0.269 e. The van der Waals surface area contributed by atoms with E-state index in [1.807, 2.05) is 7.05 Å². The normalized spacial score (nSPS) is 18.3. The van der Waals surface area contributed by atoms with Crippen molar-refractivity contribution in [3.8, 4) is 0 Å². The van der Waals surface area contributed by atoms with Gasteiger partial charge in [0.2, 0.25) is 10.0 Å². The molecular weight excluding hydrogens is 382 g/mol. The lowest BCUT2D eigenvalue weighted by atomic mass is 10.2. The molecule has 0 aliphatic carbocycles. The molecule has 26 heavy (non-hydrogen) atoms. The standard InChI is InChI=1S/C15H19N5O4S.ClH/c1-11-9-12(20(21)22)3-4-14(11)25(23,24)19-8-5-16-10-13(19)15-17-6-7-18(15)2;/h3-4,6-7,9,13,16H,5,8,10H2,1-2H3;1H. The maximum Gasteiger partial charge on any atom is 0.269 e. The SMILES string of the molecule is Cc1cc([N+](=O)[O-])ccc1S(=O)(=O)N1CCNCC1c1nccn1C.Cl. The van der Waals surface area contributed by atoms with Crippen LogP contribution in [0.15, 0.2) is 35.5 Å². The summed E-state index contributed by atoms with van der Waals surface area (Å²) in [5.74, 6) is 0.648. The Bertz CT molecular complexity index is 915. The van der Waals surface area contributed by atoms with E-state index in [1.54, 1.807) is 23.9 Å². The highest BCUT2D eigenvalue weighted by Gasteiger charge is 2.37. The highest BCUT2D eigenvalue weighted by atomic mass is 35.5. The van der Waals surface area contributed by atoms with Crippen molar-refractivity contribution in [2.45, 2.75) is 17.9 Å². The molecule has 1 aromatic carbocycles. The number of hydrogen-bond donors (Lipinski definition) is 1. The molecule has 0 saturated carbocycles. The van der Waals surface area contributed by atoms with Gasteiger partial charge in [-0.1, -0.05) is 0 Å². The molecule has 0 bridgehead atoms. The van der Waals surface area contributed by atoms with Crippen LogP contribution in [0, 0.1) is 17.0 Å². The third-order valence-corrected chi connectivity index (χ3v) is 6.38. The summed E-state index contributed by atoms with van der Waals surface area (Å²) < 4.78 is 29.6. The minimum atomic E-state index is -3.81. The van der Waals surface area contributed by atoms with Crippen molar-refractivity contribution < 1.29 is 13.3 Å². The van der Waals surface area contributed by atoms with Gasteiger partial charge in [0.05, 0.1) is 15.9 Å². The van der Waals surface area contributed by atoms with Crippen LogP contribution in [0.5, 0.6) is 0 Å². The van der Waals surface area contributed by atoms with Gasteiger partial charge in [0.15, 0.2) is 0 Å². The number of benzene rings is 1. The number of hydrogen-bond acceptors (Lipinski definition) is 6. The Balaban J connectivity index is 0.00000243. The topological polar surface area (TPSA) is 110 Å². The lowest BCUT2D eigenvalue weighted by Gasteiger charge is -2.35. The van der Waals surface area contributed by atoms with Gasteiger partial charge in [-0.25, -0.2) is 13.4 Å². The third-order valence-electron chi connectivity index (χ3n) is 4.31. The Hall–Kier alpha value is -2.01. The number of halogens is 1. The highest BCUT2D eigenvalue weighted by Crippen LogP contribution is 2.30. The van der Waals surface area contributed by atoms with Crippen LogP contribution in [0.4, 0.5) is 5.69 Å². The minimum absolute atomic E-state index is 0. The van der Waals surface area contributed by atoms with Crippen molar-refractivity contribution in [1.82, 2.24) is 19.2 Å². The predicted molar refractivity (Wildman–Crippen MR) is 97.8 cm³/mol. The summed E-state index contributed by atoms with van der Waals surface area (Å²) >= 11 is 0. The number of aromatic nitrogens is 2. The van der Waals surface area contributed by atoms with Crippen LogP contribution < -0.4 is 5.32 Å². The van der Waals surface area contributed by atoms with Crippen molar-refractivity contribution in [2.75, 3.05) is 19.6 Å². The van der Waals surface area contributed by atoms with Gasteiger partial charge in [0, 0.05) is 51.2 Å². The second-order valence-electron chi connectivity index (χ2n) is 5.94. The van der Waals surface area contributed by atoms with Gasteiger partial charge in [-0.05, 0) is 18.6 Å². The van der Waals surface area contributed by atoms with E-state index in [4.69, 9.17) is 0 Å². The van der Waals surface area contributed by atoms with E-state index in [2.05, 4.69) is 10.3 Å². The second-order valence-corrected chi connectivity index (χ2v) is 7.80. The first-order valence-electron chi connectivity index (χ1n) is 7.77. The van der Waals surface area contributed by atoms with E-state index in [0.29, 0.717) is 31.0 Å². The largest absolute Gasteiger partial charge is 0.337 e. The maximum atomic E-state index is 13.2. The number of imidazole rings is 1. The first-order valence-corrected chi connectivity index (χ1v) is 9.21. The number of non-ortho nitro benzene ring substituents is 1. The van der Waals surface area contributed by atoms with Crippen LogP contribution in [0.1, 0.15) is 17.4 Å². The van der Waals surface area contributed by atoms with Crippen LogP contribution in [-0.4, -0.2) is 46.8 Å². The Labute approximate surface area is 157 Å². The molecule has 2 heterocycles. The molecule has 2 aromatic rings. The van der Waals surface area contributed by atoms with E-state index in [-0.39, 0.29) is 23.0 Å². The Morgan fingerprint density at radius 1 is 1.38 bits per heavy atom. The summed E-state index contributed by atoms with van der Waals surface area (Å²) in [6, 6.07) is 3.37. The predicted octanol–water partition coefficient (Wildman–Crippen LogP) is 1.39. The zero-order chi connectivity index (χ0) is 18.2. The summed E-state index contributed by atoms with van der Waals surface area (Å²) in [6.45, 7) is 2.86. The maximum absolute atomic E-state index is 13.2. The first-order chi connectivity index (χ1) is 11.8. The number of nitro benzene ring substituents is 1. The number of rotatable bonds is 4. The van der Waals surface area contributed by atoms with E-state index >= 15 is 0 Å². The van der Waals surface area contributed by atoms with Crippen molar-refractivity contribution >= 4 is 28.1 Å². The first kappa shape index (κ1) is 20.3. The molecule has 142 valence electrons. The Kier molecular flexibility index (Phi) is 6.02. The molecule has 0 radical (unpaired) electrons. The fourth-order valence-electron chi connectivity index (χ4n) is 3.05. The number of nitrogens with one attached hydrogen (secondary N) is 1. The second kappa shape index (κ2) is 7.70. The molecule has 1 aliphatic rings. The van der Waals surface area contributed by atoms with E-state index in [1.165, 1.54) is 22.5 Å². The van der Waals surface area contributed by atoms with Gasteiger partial charge in [0.25, 0.3) is 5.69 Å². The van der Waals surface area contributed by atoms with Crippen LogP contribution in [0.25, 0.3) is 0 Å². The number of sulfonamides is 1. The quantitative estimate of drug-likeness (QED) is 0.612. The fraction of sp³-hybridized carbons (Fsp3) is 0.400. The number of nitro groups is 1. The molecule has 1 aliphatic heterocycles. The molecule has 3 rings (SSSR count). The van der Waals surface area contributed by atoms with Crippen LogP contribution >= 0.6 is 12.4 Å². The summed E-state index contributed by atoms with van der Waals surface area (Å²) in [4.78, 5) is 14.7. The zero-order valence-corrected chi connectivity index (χ0v) is 16.0. The fourth-order valence-corrected chi connectivity index (χ4v) is 4.85. The van der Waals surface area contributed by atoms with Crippen molar-refractivity contribution in [3.05, 3.63) is 52.1 Å². The monoisotopic (exact) mass is 401 g/mol. The Morgan fingerprint density at radius 2 is 2.12 bits per heavy atom. The van der Waals surface area contributed by atoms with Gasteiger partial charge in [-0.15, -0.1) is 12.4 Å². The van der Waals surface area contributed by atoms with Crippen LogP contribution in [-0.2, 0) is 17.1 Å². The van der Waals surface area contributed by atoms with Crippen molar-refractivity contribution in [2.24, 2.45) is 7.05 Å². The van der Waals surface area contributed by atoms with E-state index in [0.717, 1.165) is 0 Å². The molecule has 1 saturated heterocycles. The molecule has 0 spiro atoms. The minimum Gasteiger partial charge on any atom is -0.337 e. The van der Waals surface area contributed by atoms with Gasteiger partial charge in [0.1, 0.15) is 5.82 Å². The molecule has 1 aromatic heterocycles. The summed E-state index contributed by atoms with van der Waals surface area (Å²) in [7, 11) is -1.99.